The molecule has 0 aromatic heterocycles. The zero-order chi connectivity index (χ0) is 14.0. The van der Waals surface area contributed by atoms with Gasteiger partial charge in [0, 0.05) is 17.8 Å². The van der Waals surface area contributed by atoms with Crippen molar-refractivity contribution in [2.24, 2.45) is 0 Å². The third-order valence-corrected chi connectivity index (χ3v) is 3.62. The Bertz CT molecular complexity index is 443. The van der Waals surface area contributed by atoms with E-state index in [0.29, 0.717) is 13.2 Å². The van der Waals surface area contributed by atoms with Crippen molar-refractivity contribution >= 4 is 5.69 Å². The summed E-state index contributed by atoms with van der Waals surface area (Å²) in [6, 6.07) is 5.89. The van der Waals surface area contributed by atoms with E-state index in [1.807, 2.05) is 18.2 Å². The van der Waals surface area contributed by atoms with Crippen LogP contribution >= 0.6 is 0 Å². The molecule has 1 heterocycles. The Hall–Kier alpha value is -1.26. The van der Waals surface area contributed by atoms with Crippen molar-refractivity contribution in [1.82, 2.24) is 0 Å². The molecule has 4 heteroatoms. The van der Waals surface area contributed by atoms with Gasteiger partial charge in [0.25, 0.3) is 0 Å². The minimum absolute atomic E-state index is 0.0890. The SMILES string of the molecule is COc1cccc(N2CCOCC2(C)C)c1C(C)O. The van der Waals surface area contributed by atoms with Crippen molar-refractivity contribution in [3.63, 3.8) is 0 Å². The van der Waals surface area contributed by atoms with Crippen LogP contribution in [0.25, 0.3) is 0 Å². The maximum atomic E-state index is 10.1. The molecule has 0 bridgehead atoms. The van der Waals surface area contributed by atoms with E-state index < -0.39 is 6.10 Å². The van der Waals surface area contributed by atoms with Gasteiger partial charge in [-0.2, -0.15) is 0 Å². The number of methoxy groups -OCH3 is 1. The summed E-state index contributed by atoms with van der Waals surface area (Å²) in [5, 5.41) is 10.1. The maximum absolute atomic E-state index is 10.1. The number of anilines is 1. The van der Waals surface area contributed by atoms with Crippen molar-refractivity contribution in [1.29, 1.82) is 0 Å². The van der Waals surface area contributed by atoms with Crippen LogP contribution in [0.5, 0.6) is 5.75 Å². The van der Waals surface area contributed by atoms with Gasteiger partial charge in [-0.3, -0.25) is 0 Å². The summed E-state index contributed by atoms with van der Waals surface area (Å²) >= 11 is 0. The molecule has 1 atom stereocenters. The Balaban J connectivity index is 2.49. The molecule has 1 aromatic rings. The molecule has 0 aliphatic carbocycles. The van der Waals surface area contributed by atoms with Gasteiger partial charge in [-0.15, -0.1) is 0 Å². The lowest BCUT2D eigenvalue weighted by atomic mass is 9.97. The Morgan fingerprint density at radius 1 is 1.42 bits per heavy atom. The van der Waals surface area contributed by atoms with Gasteiger partial charge >= 0.3 is 0 Å². The largest absolute Gasteiger partial charge is 0.496 e. The molecular weight excluding hydrogens is 242 g/mol. The maximum Gasteiger partial charge on any atom is 0.126 e. The number of rotatable bonds is 3. The van der Waals surface area contributed by atoms with Gasteiger partial charge in [-0.25, -0.2) is 0 Å². The number of hydrogen-bond acceptors (Lipinski definition) is 4. The van der Waals surface area contributed by atoms with Gasteiger partial charge in [0.2, 0.25) is 0 Å². The molecule has 0 spiro atoms. The van der Waals surface area contributed by atoms with Gasteiger partial charge in [0.1, 0.15) is 5.75 Å². The van der Waals surface area contributed by atoms with E-state index in [9.17, 15) is 5.11 Å². The van der Waals surface area contributed by atoms with Crippen molar-refractivity contribution in [3.05, 3.63) is 23.8 Å². The fourth-order valence-corrected chi connectivity index (χ4v) is 2.67. The first-order valence-corrected chi connectivity index (χ1v) is 6.67. The number of ether oxygens (including phenoxy) is 2. The minimum atomic E-state index is -0.565. The Morgan fingerprint density at radius 2 is 2.16 bits per heavy atom. The van der Waals surface area contributed by atoms with Crippen LogP contribution in [0, 0.1) is 0 Å². The topological polar surface area (TPSA) is 41.9 Å². The number of benzene rings is 1. The molecule has 106 valence electrons. The number of hydrogen-bond donors (Lipinski definition) is 1. The highest BCUT2D eigenvalue weighted by Gasteiger charge is 2.33. The van der Waals surface area contributed by atoms with E-state index in [-0.39, 0.29) is 5.54 Å². The zero-order valence-corrected chi connectivity index (χ0v) is 12.1. The Labute approximate surface area is 114 Å². The third kappa shape index (κ3) is 2.69. The standard InChI is InChI=1S/C15H23NO3/c1-11(17)14-12(6-5-7-13(14)18-4)16-8-9-19-10-15(16,2)3/h5-7,11,17H,8-10H2,1-4H3. The number of aliphatic hydroxyl groups is 1. The number of nitrogens with zero attached hydrogens (tertiary/aromatic N) is 1. The number of morpholine rings is 1. The second kappa shape index (κ2) is 5.39. The van der Waals surface area contributed by atoms with Crippen LogP contribution < -0.4 is 9.64 Å². The smallest absolute Gasteiger partial charge is 0.126 e. The Kier molecular flexibility index (Phi) is 4.02. The van der Waals surface area contributed by atoms with Crippen LogP contribution in [0.15, 0.2) is 18.2 Å². The first-order chi connectivity index (χ1) is 8.97. The minimum Gasteiger partial charge on any atom is -0.496 e. The average Bonchev–Trinajstić information content (AvgIpc) is 2.37. The first kappa shape index (κ1) is 14.2. The van der Waals surface area contributed by atoms with E-state index >= 15 is 0 Å². The second-order valence-electron chi connectivity index (χ2n) is 5.59. The summed E-state index contributed by atoms with van der Waals surface area (Å²) in [5.74, 6) is 0.731. The molecule has 1 unspecified atom stereocenters. The van der Waals surface area contributed by atoms with Gasteiger partial charge in [0.05, 0.1) is 32.0 Å². The quantitative estimate of drug-likeness (QED) is 0.911. The summed E-state index contributed by atoms with van der Waals surface area (Å²) in [5.41, 5.74) is 1.79. The molecule has 1 aliphatic heterocycles. The molecular formula is C15H23NO3. The molecule has 1 N–H and O–H groups in total. The lowest BCUT2D eigenvalue weighted by Gasteiger charge is -2.45. The lowest BCUT2D eigenvalue weighted by molar-refractivity contribution is 0.0639. The average molecular weight is 265 g/mol. The first-order valence-electron chi connectivity index (χ1n) is 6.67. The van der Waals surface area contributed by atoms with E-state index in [0.717, 1.165) is 23.5 Å². The van der Waals surface area contributed by atoms with Crippen molar-refractivity contribution in [2.75, 3.05) is 31.8 Å². The van der Waals surface area contributed by atoms with Crippen molar-refractivity contribution < 1.29 is 14.6 Å². The van der Waals surface area contributed by atoms with Crippen LogP contribution in [-0.2, 0) is 4.74 Å². The molecule has 0 radical (unpaired) electrons. The summed E-state index contributed by atoms with van der Waals surface area (Å²) in [7, 11) is 1.63. The van der Waals surface area contributed by atoms with Gasteiger partial charge < -0.3 is 19.5 Å². The molecule has 1 aliphatic rings. The van der Waals surface area contributed by atoms with Crippen molar-refractivity contribution in [3.8, 4) is 5.75 Å². The summed E-state index contributed by atoms with van der Waals surface area (Å²) in [6.45, 7) is 8.28. The highest BCUT2D eigenvalue weighted by atomic mass is 16.5. The summed E-state index contributed by atoms with van der Waals surface area (Å²) < 4.78 is 10.9. The fourth-order valence-electron chi connectivity index (χ4n) is 2.67. The van der Waals surface area contributed by atoms with Crippen LogP contribution in [0.3, 0.4) is 0 Å². The summed E-state index contributed by atoms with van der Waals surface area (Å²) in [6.07, 6.45) is -0.565. The van der Waals surface area contributed by atoms with Crippen LogP contribution in [0.4, 0.5) is 5.69 Å². The van der Waals surface area contributed by atoms with Gasteiger partial charge in [-0.1, -0.05) is 6.07 Å². The Morgan fingerprint density at radius 3 is 2.74 bits per heavy atom. The van der Waals surface area contributed by atoms with Crippen LogP contribution in [0.1, 0.15) is 32.4 Å². The summed E-state index contributed by atoms with van der Waals surface area (Å²) in [4.78, 5) is 2.29. The van der Waals surface area contributed by atoms with Gasteiger partial charge in [0.15, 0.2) is 0 Å². The van der Waals surface area contributed by atoms with Gasteiger partial charge in [-0.05, 0) is 32.9 Å². The molecule has 1 aromatic carbocycles. The molecule has 0 amide bonds. The molecule has 0 saturated carbocycles. The van der Waals surface area contributed by atoms with Crippen LogP contribution in [-0.4, -0.2) is 37.5 Å². The third-order valence-electron chi connectivity index (χ3n) is 3.62. The monoisotopic (exact) mass is 265 g/mol. The zero-order valence-electron chi connectivity index (χ0n) is 12.1. The fraction of sp³-hybridized carbons (Fsp3) is 0.600. The normalized spacial score (nSPS) is 20.2. The second-order valence-corrected chi connectivity index (χ2v) is 5.59. The lowest BCUT2D eigenvalue weighted by Crippen LogP contribution is -2.53. The molecule has 1 saturated heterocycles. The predicted molar refractivity (Wildman–Crippen MR) is 75.9 cm³/mol. The molecule has 4 nitrogen and oxygen atoms in total. The predicted octanol–water partition coefficient (Wildman–Crippen LogP) is 2.36. The molecule has 1 fully saturated rings. The number of aliphatic hydroxyl groups excluding tert-OH is 1. The van der Waals surface area contributed by atoms with E-state index in [1.165, 1.54) is 0 Å². The molecule has 2 rings (SSSR count). The van der Waals surface area contributed by atoms with Crippen molar-refractivity contribution in [2.45, 2.75) is 32.4 Å². The molecule has 19 heavy (non-hydrogen) atoms. The highest BCUT2D eigenvalue weighted by Crippen LogP contribution is 2.38. The van der Waals surface area contributed by atoms with E-state index in [4.69, 9.17) is 9.47 Å². The highest BCUT2D eigenvalue weighted by molar-refractivity contribution is 5.62. The van der Waals surface area contributed by atoms with Crippen LogP contribution in [0.2, 0.25) is 0 Å². The van der Waals surface area contributed by atoms with E-state index in [2.05, 4.69) is 18.7 Å². The van der Waals surface area contributed by atoms with E-state index in [1.54, 1.807) is 14.0 Å².